The maximum atomic E-state index is 12.1. The van der Waals surface area contributed by atoms with Gasteiger partial charge in [-0.2, -0.15) is 0 Å². The predicted molar refractivity (Wildman–Crippen MR) is 139 cm³/mol. The Balaban J connectivity index is 0.00000363. The van der Waals surface area contributed by atoms with Crippen molar-refractivity contribution in [3.8, 4) is 5.75 Å². The molecule has 2 aromatic rings. The fourth-order valence-corrected chi connectivity index (χ4v) is 3.55. The number of methoxy groups -OCH3 is 1. The van der Waals surface area contributed by atoms with Gasteiger partial charge in [0.1, 0.15) is 5.75 Å². The molecule has 1 fully saturated rings. The average molecular weight is 555 g/mol. The minimum atomic E-state index is -0.173. The lowest BCUT2D eigenvalue weighted by Gasteiger charge is -2.37. The number of piperazine rings is 1. The van der Waals surface area contributed by atoms with Crippen LogP contribution in [0, 0.1) is 6.92 Å². The lowest BCUT2D eigenvalue weighted by molar-refractivity contribution is 0.0925. The van der Waals surface area contributed by atoms with Gasteiger partial charge < -0.3 is 29.6 Å². The van der Waals surface area contributed by atoms with Crippen LogP contribution in [0.5, 0.6) is 5.75 Å². The number of carbonyl (C=O) groups excluding carboxylic acids is 1. The van der Waals surface area contributed by atoms with E-state index in [0.717, 1.165) is 56.4 Å². The van der Waals surface area contributed by atoms with Gasteiger partial charge in [-0.15, -0.1) is 24.0 Å². The molecule has 32 heavy (non-hydrogen) atoms. The second kappa shape index (κ2) is 13.2. The molecule has 0 unspecified atom stereocenters. The van der Waals surface area contributed by atoms with Gasteiger partial charge in [0, 0.05) is 57.1 Å². The van der Waals surface area contributed by atoms with E-state index >= 15 is 0 Å². The van der Waals surface area contributed by atoms with Gasteiger partial charge in [-0.25, -0.2) is 0 Å². The molecule has 0 atom stereocenters. The number of ether oxygens (including phenoxy) is 1. The number of amides is 1. The van der Waals surface area contributed by atoms with Gasteiger partial charge in [0.2, 0.25) is 0 Å². The number of aliphatic imine (C=N–C) groups is 1. The Morgan fingerprint density at radius 1 is 1.12 bits per heavy atom. The second-order valence-electron chi connectivity index (χ2n) is 7.45. The standard InChI is InChI=1S/C23H33N5O3.HI/c1-4-24-23(26-12-5-11-25-22(29)21-18(2)10-17-31-21)28-15-13-27(14-16-28)19-6-8-20(30-3)9-7-19;/h6-10,17H,4-5,11-16H2,1-3H3,(H,24,26)(H,25,29);1H. The number of halogens is 1. The van der Waals surface area contributed by atoms with Crippen LogP contribution in [0.2, 0.25) is 0 Å². The van der Waals surface area contributed by atoms with Gasteiger partial charge in [0.25, 0.3) is 5.91 Å². The van der Waals surface area contributed by atoms with E-state index in [4.69, 9.17) is 14.1 Å². The SMILES string of the molecule is CCNC(=NCCCNC(=O)c1occc1C)N1CCN(c2ccc(OC)cc2)CC1.I. The molecule has 0 spiro atoms. The van der Waals surface area contributed by atoms with E-state index in [0.29, 0.717) is 18.8 Å². The van der Waals surface area contributed by atoms with Crippen molar-refractivity contribution in [1.29, 1.82) is 0 Å². The van der Waals surface area contributed by atoms with Crippen molar-refractivity contribution < 1.29 is 13.9 Å². The van der Waals surface area contributed by atoms with Crippen LogP contribution < -0.4 is 20.3 Å². The van der Waals surface area contributed by atoms with Crippen LogP contribution in [0.3, 0.4) is 0 Å². The zero-order valence-corrected chi connectivity index (χ0v) is 21.4. The Labute approximate surface area is 207 Å². The van der Waals surface area contributed by atoms with Gasteiger partial charge in [0.15, 0.2) is 11.7 Å². The van der Waals surface area contributed by atoms with Crippen molar-refractivity contribution >= 4 is 41.5 Å². The average Bonchev–Trinajstić information content (AvgIpc) is 3.24. The number of hydrogen-bond donors (Lipinski definition) is 2. The highest BCUT2D eigenvalue weighted by Crippen LogP contribution is 2.20. The van der Waals surface area contributed by atoms with Crippen LogP contribution in [-0.2, 0) is 0 Å². The second-order valence-corrected chi connectivity index (χ2v) is 7.45. The fourth-order valence-electron chi connectivity index (χ4n) is 3.55. The lowest BCUT2D eigenvalue weighted by Crippen LogP contribution is -2.52. The van der Waals surface area contributed by atoms with E-state index in [1.165, 1.54) is 12.0 Å². The largest absolute Gasteiger partial charge is 0.497 e. The maximum absolute atomic E-state index is 12.1. The third-order valence-corrected chi connectivity index (χ3v) is 5.30. The zero-order valence-electron chi connectivity index (χ0n) is 19.1. The van der Waals surface area contributed by atoms with Crippen molar-refractivity contribution in [3.63, 3.8) is 0 Å². The van der Waals surface area contributed by atoms with E-state index in [1.54, 1.807) is 13.2 Å². The molecule has 9 heteroatoms. The third-order valence-electron chi connectivity index (χ3n) is 5.30. The predicted octanol–water partition coefficient (Wildman–Crippen LogP) is 3.12. The molecule has 0 bridgehead atoms. The quantitative estimate of drug-likeness (QED) is 0.226. The Hall–Kier alpha value is -2.43. The number of rotatable bonds is 8. The lowest BCUT2D eigenvalue weighted by atomic mass is 10.2. The fraction of sp³-hybridized carbons (Fsp3) is 0.478. The summed E-state index contributed by atoms with van der Waals surface area (Å²) in [4.78, 5) is 21.5. The van der Waals surface area contributed by atoms with Crippen LogP contribution in [0.25, 0.3) is 0 Å². The number of hydrogen-bond acceptors (Lipinski definition) is 5. The first-order valence-corrected chi connectivity index (χ1v) is 10.9. The number of anilines is 1. The first kappa shape index (κ1) is 25.8. The maximum Gasteiger partial charge on any atom is 0.287 e. The molecule has 2 heterocycles. The third kappa shape index (κ3) is 7.04. The van der Waals surface area contributed by atoms with Gasteiger partial charge in [-0.05, 0) is 50.6 Å². The smallest absolute Gasteiger partial charge is 0.287 e. The van der Waals surface area contributed by atoms with Crippen molar-refractivity contribution in [1.82, 2.24) is 15.5 Å². The van der Waals surface area contributed by atoms with Crippen LogP contribution in [0.4, 0.5) is 5.69 Å². The summed E-state index contributed by atoms with van der Waals surface area (Å²) in [5.74, 6) is 2.02. The van der Waals surface area contributed by atoms with Crippen molar-refractivity contribution in [2.24, 2.45) is 4.99 Å². The number of aryl methyl sites for hydroxylation is 1. The number of guanidine groups is 1. The topological polar surface area (TPSA) is 82.3 Å². The Morgan fingerprint density at radius 3 is 2.44 bits per heavy atom. The number of nitrogens with one attached hydrogen (secondary N) is 2. The molecular weight excluding hydrogens is 521 g/mol. The van der Waals surface area contributed by atoms with Crippen LogP contribution in [-0.4, -0.2) is 69.7 Å². The molecular formula is C23H34IN5O3. The molecule has 0 aliphatic carbocycles. The molecule has 1 aliphatic heterocycles. The summed E-state index contributed by atoms with van der Waals surface area (Å²) < 4.78 is 10.5. The molecule has 1 aliphatic rings. The number of furan rings is 1. The van der Waals surface area contributed by atoms with Crippen molar-refractivity contribution in [3.05, 3.63) is 47.9 Å². The monoisotopic (exact) mass is 555 g/mol. The van der Waals surface area contributed by atoms with Gasteiger partial charge in [0.05, 0.1) is 13.4 Å². The Morgan fingerprint density at radius 2 is 1.84 bits per heavy atom. The highest BCUT2D eigenvalue weighted by atomic mass is 127. The summed E-state index contributed by atoms with van der Waals surface area (Å²) in [5, 5.41) is 6.28. The Kier molecular flexibility index (Phi) is 10.6. The number of carbonyl (C=O) groups is 1. The minimum Gasteiger partial charge on any atom is -0.497 e. The summed E-state index contributed by atoms with van der Waals surface area (Å²) in [6.07, 6.45) is 2.30. The van der Waals surface area contributed by atoms with E-state index in [2.05, 4.69) is 39.5 Å². The van der Waals surface area contributed by atoms with Gasteiger partial charge >= 0.3 is 0 Å². The normalized spacial score (nSPS) is 14.0. The highest BCUT2D eigenvalue weighted by Gasteiger charge is 2.20. The minimum absolute atomic E-state index is 0. The van der Waals surface area contributed by atoms with Crippen LogP contribution in [0.15, 0.2) is 46.0 Å². The van der Waals surface area contributed by atoms with Gasteiger partial charge in [-0.1, -0.05) is 0 Å². The summed E-state index contributed by atoms with van der Waals surface area (Å²) in [6, 6.07) is 9.99. The molecule has 1 amide bonds. The molecule has 1 saturated heterocycles. The summed E-state index contributed by atoms with van der Waals surface area (Å²) in [5.41, 5.74) is 2.06. The highest BCUT2D eigenvalue weighted by molar-refractivity contribution is 14.0. The summed E-state index contributed by atoms with van der Waals surface area (Å²) in [7, 11) is 1.68. The van der Waals surface area contributed by atoms with Crippen LogP contribution in [0.1, 0.15) is 29.5 Å². The Bertz CT molecular complexity index is 861. The molecule has 1 aromatic carbocycles. The molecule has 0 radical (unpaired) electrons. The molecule has 1 aromatic heterocycles. The molecule has 3 rings (SSSR count). The van der Waals surface area contributed by atoms with E-state index in [1.807, 2.05) is 19.1 Å². The van der Waals surface area contributed by atoms with E-state index in [9.17, 15) is 4.79 Å². The molecule has 8 nitrogen and oxygen atoms in total. The van der Waals surface area contributed by atoms with E-state index in [-0.39, 0.29) is 29.9 Å². The molecule has 176 valence electrons. The zero-order chi connectivity index (χ0) is 22.1. The van der Waals surface area contributed by atoms with Crippen LogP contribution >= 0.6 is 24.0 Å². The molecule has 0 saturated carbocycles. The number of nitrogens with zero attached hydrogens (tertiary/aromatic N) is 3. The first-order chi connectivity index (χ1) is 15.1. The first-order valence-electron chi connectivity index (χ1n) is 10.9. The molecule has 2 N–H and O–H groups in total. The summed E-state index contributed by atoms with van der Waals surface area (Å²) in [6.45, 7) is 9.68. The summed E-state index contributed by atoms with van der Waals surface area (Å²) >= 11 is 0. The van der Waals surface area contributed by atoms with Crippen molar-refractivity contribution in [2.45, 2.75) is 20.3 Å². The van der Waals surface area contributed by atoms with E-state index < -0.39 is 0 Å². The number of benzene rings is 1. The van der Waals surface area contributed by atoms with Gasteiger partial charge in [-0.3, -0.25) is 9.79 Å². The van der Waals surface area contributed by atoms with Crippen molar-refractivity contribution in [2.75, 3.05) is 57.8 Å².